The quantitative estimate of drug-likeness (QED) is 0.761. The highest BCUT2D eigenvalue weighted by atomic mass is 15.2. The van der Waals surface area contributed by atoms with Crippen LogP contribution in [-0.2, 0) is 0 Å². The van der Waals surface area contributed by atoms with E-state index in [-0.39, 0.29) is 11.1 Å². The first kappa shape index (κ1) is 15.1. The van der Waals surface area contributed by atoms with E-state index >= 15 is 0 Å². The fourth-order valence-electron chi connectivity index (χ4n) is 3.45. The van der Waals surface area contributed by atoms with Gasteiger partial charge in [0.25, 0.3) is 0 Å². The van der Waals surface area contributed by atoms with Crippen molar-refractivity contribution >= 4 is 11.8 Å². The second kappa shape index (κ2) is 5.62. The van der Waals surface area contributed by atoms with Crippen LogP contribution in [0, 0.1) is 22.7 Å². The van der Waals surface area contributed by atoms with Crippen molar-refractivity contribution in [2.75, 3.05) is 11.4 Å². The van der Waals surface area contributed by atoms with Crippen molar-refractivity contribution in [3.63, 3.8) is 0 Å². The minimum atomic E-state index is 0.145. The monoisotopic (exact) mass is 279 g/mol. The van der Waals surface area contributed by atoms with Crippen LogP contribution in [0.15, 0.2) is 23.8 Å². The van der Waals surface area contributed by atoms with Crippen LogP contribution >= 0.6 is 0 Å². The molecule has 0 bridgehead atoms. The zero-order chi connectivity index (χ0) is 15.6. The Kier molecular flexibility index (Phi) is 4.05. The van der Waals surface area contributed by atoms with E-state index in [1.807, 2.05) is 18.2 Å². The van der Waals surface area contributed by atoms with Crippen molar-refractivity contribution in [3.8, 4) is 12.1 Å². The van der Waals surface area contributed by atoms with Gasteiger partial charge in [-0.05, 0) is 62.4 Å². The predicted molar refractivity (Wildman–Crippen MR) is 85.8 cm³/mol. The van der Waals surface area contributed by atoms with Crippen molar-refractivity contribution in [2.45, 2.75) is 45.6 Å². The maximum atomic E-state index is 8.88. The van der Waals surface area contributed by atoms with Crippen LogP contribution in [0.5, 0.6) is 0 Å². The first-order valence-electron chi connectivity index (χ1n) is 7.36. The van der Waals surface area contributed by atoms with Gasteiger partial charge < -0.3 is 4.90 Å². The molecule has 0 N–H and O–H groups in total. The van der Waals surface area contributed by atoms with Crippen LogP contribution < -0.4 is 4.90 Å². The predicted octanol–water partition coefficient (Wildman–Crippen LogP) is 4.23. The van der Waals surface area contributed by atoms with E-state index in [4.69, 9.17) is 10.5 Å². The lowest BCUT2D eigenvalue weighted by atomic mass is 9.79. The number of allylic oxidation sites excluding steroid dienone is 1. The van der Waals surface area contributed by atoms with Crippen molar-refractivity contribution in [2.24, 2.45) is 0 Å². The van der Waals surface area contributed by atoms with E-state index < -0.39 is 0 Å². The van der Waals surface area contributed by atoms with Gasteiger partial charge in [0, 0.05) is 17.8 Å². The first-order chi connectivity index (χ1) is 9.92. The number of hydrogen-bond acceptors (Lipinski definition) is 3. The molecule has 0 fully saturated rings. The molecule has 0 aliphatic carbocycles. The molecule has 1 aliphatic rings. The van der Waals surface area contributed by atoms with Crippen LogP contribution in [0.2, 0.25) is 0 Å². The first-order valence-corrected chi connectivity index (χ1v) is 7.36. The Morgan fingerprint density at radius 2 is 2.05 bits per heavy atom. The molecule has 0 radical (unpaired) electrons. The van der Waals surface area contributed by atoms with E-state index in [1.54, 1.807) is 6.08 Å². The Balaban J connectivity index is 2.51. The molecule has 1 aliphatic heterocycles. The summed E-state index contributed by atoms with van der Waals surface area (Å²) in [5.41, 5.74) is 3.80. The third kappa shape index (κ3) is 2.78. The summed E-state index contributed by atoms with van der Waals surface area (Å²) < 4.78 is 0. The van der Waals surface area contributed by atoms with Gasteiger partial charge >= 0.3 is 0 Å². The zero-order valence-electron chi connectivity index (χ0n) is 13.1. The van der Waals surface area contributed by atoms with Gasteiger partial charge in [0.1, 0.15) is 17.7 Å². The number of benzene rings is 1. The maximum absolute atomic E-state index is 8.88. The normalized spacial score (nSPS) is 19.1. The van der Waals surface area contributed by atoms with Crippen LogP contribution in [0.1, 0.15) is 51.2 Å². The van der Waals surface area contributed by atoms with E-state index in [0.29, 0.717) is 5.92 Å². The summed E-state index contributed by atoms with van der Waals surface area (Å²) in [5, 5.41) is 17.8. The molecule has 2 rings (SSSR count). The van der Waals surface area contributed by atoms with Gasteiger partial charge in [-0.1, -0.05) is 13.0 Å². The summed E-state index contributed by atoms with van der Waals surface area (Å²) in [7, 11) is 0. The average Bonchev–Trinajstić information content (AvgIpc) is 2.44. The molecule has 1 atom stereocenters. The van der Waals surface area contributed by atoms with Gasteiger partial charge in [-0.2, -0.15) is 10.5 Å². The summed E-state index contributed by atoms with van der Waals surface area (Å²) in [6.45, 7) is 9.97. The zero-order valence-corrected chi connectivity index (χ0v) is 13.1. The molecule has 0 saturated heterocycles. The Labute approximate surface area is 127 Å². The number of rotatable bonds is 2. The number of hydrogen-bond donors (Lipinski definition) is 0. The van der Waals surface area contributed by atoms with Gasteiger partial charge in [-0.25, -0.2) is 0 Å². The van der Waals surface area contributed by atoms with Crippen LogP contribution in [0.3, 0.4) is 0 Å². The largest absolute Gasteiger partial charge is 0.366 e. The van der Waals surface area contributed by atoms with E-state index in [9.17, 15) is 0 Å². The SMILES string of the molecule is CCN1c2ccc(C=C(C#N)C#N)cc2[C@@H](C)CC1(C)C. The fraction of sp³-hybridized carbons (Fsp3) is 0.444. The molecule has 0 amide bonds. The molecule has 0 unspecified atom stereocenters. The Morgan fingerprint density at radius 3 is 2.62 bits per heavy atom. The molecule has 3 nitrogen and oxygen atoms in total. The third-order valence-corrected chi connectivity index (χ3v) is 4.28. The molecule has 21 heavy (non-hydrogen) atoms. The van der Waals surface area contributed by atoms with Crippen LogP contribution in [-0.4, -0.2) is 12.1 Å². The summed E-state index contributed by atoms with van der Waals surface area (Å²) in [6.07, 6.45) is 2.76. The second-order valence-corrected chi connectivity index (χ2v) is 6.26. The van der Waals surface area contributed by atoms with Crippen molar-refractivity contribution in [1.29, 1.82) is 10.5 Å². The molecule has 0 saturated carbocycles. The highest BCUT2D eigenvalue weighted by Gasteiger charge is 2.35. The highest BCUT2D eigenvalue weighted by Crippen LogP contribution is 2.43. The third-order valence-electron chi connectivity index (χ3n) is 4.28. The average molecular weight is 279 g/mol. The van der Waals surface area contributed by atoms with Gasteiger partial charge in [0.05, 0.1) is 0 Å². The Bertz CT molecular complexity index is 640. The van der Waals surface area contributed by atoms with Gasteiger partial charge in [0.15, 0.2) is 0 Å². The van der Waals surface area contributed by atoms with Gasteiger partial charge in [0.2, 0.25) is 0 Å². The van der Waals surface area contributed by atoms with Crippen molar-refractivity contribution in [1.82, 2.24) is 0 Å². The molecule has 1 aromatic rings. The molecule has 0 aromatic heterocycles. The Morgan fingerprint density at radius 1 is 1.38 bits per heavy atom. The lowest BCUT2D eigenvalue weighted by Gasteiger charge is -2.47. The van der Waals surface area contributed by atoms with E-state index in [0.717, 1.165) is 18.5 Å². The number of anilines is 1. The highest BCUT2D eigenvalue weighted by molar-refractivity contribution is 5.68. The molecule has 108 valence electrons. The lowest BCUT2D eigenvalue weighted by Crippen LogP contribution is -2.48. The minimum absolute atomic E-state index is 0.145. The number of fused-ring (bicyclic) bond motifs is 1. The fourth-order valence-corrected chi connectivity index (χ4v) is 3.45. The molecule has 3 heteroatoms. The molecular weight excluding hydrogens is 258 g/mol. The van der Waals surface area contributed by atoms with Gasteiger partial charge in [-0.3, -0.25) is 0 Å². The lowest BCUT2D eigenvalue weighted by molar-refractivity contribution is 0.381. The number of nitriles is 2. The molecule has 1 aromatic carbocycles. The molecule has 0 spiro atoms. The van der Waals surface area contributed by atoms with Gasteiger partial charge in [-0.15, -0.1) is 0 Å². The summed E-state index contributed by atoms with van der Waals surface area (Å²) in [6, 6.07) is 10.1. The Hall–Kier alpha value is -2.26. The molecule has 1 heterocycles. The summed E-state index contributed by atoms with van der Waals surface area (Å²) in [4.78, 5) is 2.44. The minimum Gasteiger partial charge on any atom is -0.366 e. The van der Waals surface area contributed by atoms with E-state index in [1.165, 1.54) is 11.3 Å². The van der Waals surface area contributed by atoms with Crippen molar-refractivity contribution < 1.29 is 0 Å². The standard InChI is InChI=1S/C18H21N3/c1-5-21-17-7-6-14(8-15(11-19)12-20)9-16(17)13(2)10-18(21,3)4/h6-9,13H,5,10H2,1-4H3/t13-/m0/s1. The maximum Gasteiger partial charge on any atom is 0.130 e. The van der Waals surface area contributed by atoms with Crippen LogP contribution in [0.4, 0.5) is 5.69 Å². The summed E-state index contributed by atoms with van der Waals surface area (Å²) in [5.74, 6) is 0.471. The smallest absolute Gasteiger partial charge is 0.130 e. The number of nitrogens with zero attached hydrogens (tertiary/aromatic N) is 3. The molecular formula is C18H21N3. The second-order valence-electron chi connectivity index (χ2n) is 6.26. The van der Waals surface area contributed by atoms with Crippen molar-refractivity contribution in [3.05, 3.63) is 34.9 Å². The van der Waals surface area contributed by atoms with E-state index in [2.05, 4.69) is 44.7 Å². The van der Waals surface area contributed by atoms with Crippen LogP contribution in [0.25, 0.3) is 6.08 Å². The summed E-state index contributed by atoms with van der Waals surface area (Å²) >= 11 is 0. The topological polar surface area (TPSA) is 50.8 Å².